The number of azo groups is 1. The van der Waals surface area contributed by atoms with E-state index < -0.39 is 6.09 Å². The molecule has 0 bridgehead atoms. The van der Waals surface area contributed by atoms with Gasteiger partial charge in [0.15, 0.2) is 8.46 Å². The lowest BCUT2D eigenvalue weighted by Gasteiger charge is -1.89. The molecule has 0 aromatic heterocycles. The molecule has 0 unspecified atom stereocenters. The Kier molecular flexibility index (Phi) is 6.33. The standard InChI is InChI=1S/C5H7N2O3P/c1-2-10-5(8)7-6-3-4-11-9/h3-4H,2H2,1H3. The summed E-state index contributed by atoms with van der Waals surface area (Å²) in [4.78, 5) is 10.4. The summed E-state index contributed by atoms with van der Waals surface area (Å²) in [5, 5.41) is 6.33. The second kappa shape index (κ2) is 7.02. The third-order valence-corrected chi connectivity index (χ3v) is 0.856. The van der Waals surface area contributed by atoms with Gasteiger partial charge >= 0.3 is 6.09 Å². The summed E-state index contributed by atoms with van der Waals surface area (Å²) < 4.78 is 14.2. The fourth-order valence-corrected chi connectivity index (χ4v) is 0.404. The molecule has 0 fully saturated rings. The van der Waals surface area contributed by atoms with Gasteiger partial charge in [-0.2, -0.15) is 5.11 Å². The number of nitrogens with zero attached hydrogens (tertiary/aromatic N) is 2. The SMILES string of the molecule is CCOC(=O)N=NC=CP=O. The van der Waals surface area contributed by atoms with E-state index in [2.05, 4.69) is 15.0 Å². The predicted molar refractivity (Wildman–Crippen MR) is 38.6 cm³/mol. The van der Waals surface area contributed by atoms with Gasteiger partial charge < -0.3 is 4.74 Å². The quantitative estimate of drug-likeness (QED) is 0.487. The van der Waals surface area contributed by atoms with Crippen molar-refractivity contribution in [3.63, 3.8) is 0 Å². The molecule has 0 saturated heterocycles. The number of carbonyl (C=O) groups is 1. The van der Waals surface area contributed by atoms with Crippen molar-refractivity contribution in [1.29, 1.82) is 0 Å². The molecule has 0 spiro atoms. The second-order valence-corrected chi connectivity index (χ2v) is 1.83. The molecule has 0 aromatic carbocycles. The van der Waals surface area contributed by atoms with Crippen LogP contribution in [0.25, 0.3) is 0 Å². The molecule has 0 aliphatic rings. The van der Waals surface area contributed by atoms with Crippen LogP contribution in [-0.4, -0.2) is 12.7 Å². The fourth-order valence-electron chi connectivity index (χ4n) is 0.290. The first kappa shape index (κ1) is 9.91. The highest BCUT2D eigenvalue weighted by atomic mass is 31.1. The number of hydrogen-bond donors (Lipinski definition) is 0. The van der Waals surface area contributed by atoms with E-state index in [1.165, 1.54) is 5.82 Å². The molecule has 0 saturated carbocycles. The van der Waals surface area contributed by atoms with Crippen molar-refractivity contribution in [3.8, 4) is 0 Å². The predicted octanol–water partition coefficient (Wildman–Crippen LogP) is 2.36. The van der Waals surface area contributed by atoms with Crippen LogP contribution in [0.3, 0.4) is 0 Å². The lowest BCUT2D eigenvalue weighted by molar-refractivity contribution is 0.161. The molecular formula is C5H7N2O3P. The van der Waals surface area contributed by atoms with E-state index in [1.54, 1.807) is 6.92 Å². The number of ether oxygens (including phenoxy) is 1. The van der Waals surface area contributed by atoms with Crippen LogP contribution >= 0.6 is 8.46 Å². The molecule has 11 heavy (non-hydrogen) atoms. The molecule has 1 amide bonds. The lowest BCUT2D eigenvalue weighted by atomic mass is 10.9. The van der Waals surface area contributed by atoms with Gasteiger partial charge in [0.05, 0.1) is 12.8 Å². The van der Waals surface area contributed by atoms with Gasteiger partial charge in [-0.15, -0.1) is 0 Å². The van der Waals surface area contributed by atoms with Gasteiger partial charge in [-0.05, 0) is 6.92 Å². The maximum atomic E-state index is 10.4. The van der Waals surface area contributed by atoms with Crippen LogP contribution in [0.4, 0.5) is 4.79 Å². The van der Waals surface area contributed by atoms with Crippen LogP contribution in [0.15, 0.2) is 22.2 Å². The summed E-state index contributed by atoms with van der Waals surface area (Å²) in [6.07, 6.45) is 0.394. The first-order chi connectivity index (χ1) is 5.31. The zero-order valence-electron chi connectivity index (χ0n) is 5.93. The minimum absolute atomic E-state index is 0.172. The first-order valence-corrected chi connectivity index (χ1v) is 3.74. The zero-order valence-corrected chi connectivity index (χ0v) is 6.82. The van der Waals surface area contributed by atoms with Gasteiger partial charge in [0.25, 0.3) is 0 Å². The van der Waals surface area contributed by atoms with Gasteiger partial charge in [0.2, 0.25) is 0 Å². The van der Waals surface area contributed by atoms with Crippen molar-refractivity contribution >= 4 is 14.6 Å². The summed E-state index contributed by atoms with van der Waals surface area (Å²) in [6.45, 7) is 1.93. The number of carbonyl (C=O) groups excluding carboxylic acids is 1. The van der Waals surface area contributed by atoms with Gasteiger partial charge in [0, 0.05) is 5.82 Å². The molecular weight excluding hydrogens is 167 g/mol. The highest BCUT2D eigenvalue weighted by Crippen LogP contribution is 1.93. The van der Waals surface area contributed by atoms with Crippen molar-refractivity contribution in [2.24, 2.45) is 10.2 Å². The highest BCUT2D eigenvalue weighted by Gasteiger charge is 1.92. The summed E-state index contributed by atoms with van der Waals surface area (Å²) in [5.41, 5.74) is 0. The van der Waals surface area contributed by atoms with Crippen LogP contribution in [0.1, 0.15) is 6.92 Å². The van der Waals surface area contributed by atoms with E-state index in [-0.39, 0.29) is 15.1 Å². The van der Waals surface area contributed by atoms with Crippen LogP contribution < -0.4 is 0 Å². The molecule has 0 heterocycles. The molecule has 0 aliphatic carbocycles. The fraction of sp³-hybridized carbons (Fsp3) is 0.400. The Bertz CT molecular complexity index is 190. The summed E-state index contributed by atoms with van der Waals surface area (Å²) in [5.74, 6) is 1.21. The topological polar surface area (TPSA) is 68.1 Å². The average molecular weight is 174 g/mol. The molecule has 0 rings (SSSR count). The first-order valence-electron chi connectivity index (χ1n) is 2.86. The Morgan fingerprint density at radius 3 is 3.00 bits per heavy atom. The average Bonchev–Trinajstić information content (AvgIpc) is 1.99. The Hall–Kier alpha value is -1.09. The minimum Gasteiger partial charge on any atom is -0.447 e. The van der Waals surface area contributed by atoms with Crippen LogP contribution in [0, 0.1) is 0 Å². The Balaban J connectivity index is 3.64. The van der Waals surface area contributed by atoms with Gasteiger partial charge in [-0.1, -0.05) is 5.11 Å². The normalized spacial score (nSPS) is 11.4. The second-order valence-electron chi connectivity index (χ2n) is 1.32. The summed E-state index contributed by atoms with van der Waals surface area (Å²) in [7, 11) is -0.172. The third kappa shape index (κ3) is 6.80. The maximum absolute atomic E-state index is 10.4. The molecule has 60 valence electrons. The summed E-state index contributed by atoms with van der Waals surface area (Å²) >= 11 is 0. The lowest BCUT2D eigenvalue weighted by Crippen LogP contribution is -1.95. The van der Waals surface area contributed by atoms with Crippen molar-refractivity contribution in [2.45, 2.75) is 6.92 Å². The van der Waals surface area contributed by atoms with Crippen LogP contribution in [0.2, 0.25) is 0 Å². The Labute approximate surface area is 65.4 Å². The van der Waals surface area contributed by atoms with Gasteiger partial charge in [-0.25, -0.2) is 4.79 Å². The number of hydrogen-bond acceptors (Lipinski definition) is 4. The maximum Gasteiger partial charge on any atom is 0.452 e. The van der Waals surface area contributed by atoms with Crippen molar-refractivity contribution in [2.75, 3.05) is 6.61 Å². The minimum atomic E-state index is -0.750. The van der Waals surface area contributed by atoms with Gasteiger partial charge in [-0.3, -0.25) is 4.57 Å². The molecule has 0 N–H and O–H groups in total. The van der Waals surface area contributed by atoms with Crippen molar-refractivity contribution < 1.29 is 14.1 Å². The van der Waals surface area contributed by atoms with E-state index >= 15 is 0 Å². The molecule has 5 nitrogen and oxygen atoms in total. The van der Waals surface area contributed by atoms with E-state index in [1.807, 2.05) is 0 Å². The number of amides is 1. The van der Waals surface area contributed by atoms with Crippen LogP contribution in [-0.2, 0) is 9.30 Å². The van der Waals surface area contributed by atoms with Crippen molar-refractivity contribution in [1.82, 2.24) is 0 Å². The molecule has 0 aromatic rings. The molecule has 0 radical (unpaired) electrons. The summed E-state index contributed by atoms with van der Waals surface area (Å²) in [6, 6.07) is 0. The highest BCUT2D eigenvalue weighted by molar-refractivity contribution is 7.27. The Morgan fingerprint density at radius 1 is 1.73 bits per heavy atom. The van der Waals surface area contributed by atoms with E-state index in [0.717, 1.165) is 6.20 Å². The molecule has 0 aliphatic heterocycles. The molecule has 6 heteroatoms. The smallest absolute Gasteiger partial charge is 0.447 e. The monoisotopic (exact) mass is 174 g/mol. The van der Waals surface area contributed by atoms with Gasteiger partial charge in [0.1, 0.15) is 0 Å². The van der Waals surface area contributed by atoms with Crippen molar-refractivity contribution in [3.05, 3.63) is 12.0 Å². The van der Waals surface area contributed by atoms with E-state index in [0.29, 0.717) is 0 Å². The zero-order chi connectivity index (χ0) is 8.53. The molecule has 0 atom stereocenters. The Morgan fingerprint density at radius 2 is 2.45 bits per heavy atom. The van der Waals surface area contributed by atoms with E-state index in [9.17, 15) is 9.36 Å². The third-order valence-electron chi connectivity index (χ3n) is 0.601. The number of rotatable bonds is 3. The largest absolute Gasteiger partial charge is 0.452 e. The van der Waals surface area contributed by atoms with E-state index in [4.69, 9.17) is 0 Å². The van der Waals surface area contributed by atoms with Crippen LogP contribution in [0.5, 0.6) is 0 Å².